The number of amides is 2. The van der Waals surface area contributed by atoms with E-state index >= 15 is 0 Å². The first-order valence-corrected chi connectivity index (χ1v) is 12.3. The zero-order chi connectivity index (χ0) is 23.1. The van der Waals surface area contributed by atoms with E-state index in [1.807, 2.05) is 6.92 Å². The van der Waals surface area contributed by atoms with Gasteiger partial charge in [-0.15, -0.1) is 11.8 Å². The van der Waals surface area contributed by atoms with Crippen molar-refractivity contribution in [3.8, 4) is 0 Å². The van der Waals surface area contributed by atoms with Crippen molar-refractivity contribution in [3.63, 3.8) is 0 Å². The van der Waals surface area contributed by atoms with E-state index in [4.69, 9.17) is 16.3 Å². The van der Waals surface area contributed by atoms with Crippen LogP contribution in [0.5, 0.6) is 0 Å². The average Bonchev–Trinajstić information content (AvgIpc) is 3.31. The molecule has 2 amide bonds. The lowest BCUT2D eigenvalue weighted by Gasteiger charge is -2.34. The Morgan fingerprint density at radius 2 is 2.06 bits per heavy atom. The number of rotatable bonds is 8. The molecule has 9 heteroatoms. The number of aliphatic hydroxyl groups excluding tert-OH is 1. The molecule has 3 saturated heterocycles. The Balaban J connectivity index is 1.71. The molecule has 3 aliphatic heterocycles. The van der Waals surface area contributed by atoms with E-state index < -0.39 is 27.4 Å². The van der Waals surface area contributed by atoms with E-state index in [0.717, 1.165) is 6.42 Å². The fraction of sp³-hybridized carbons (Fsp3) is 0.609. The summed E-state index contributed by atoms with van der Waals surface area (Å²) in [4.78, 5) is 41.9. The third kappa shape index (κ3) is 3.60. The number of para-hydroxylation sites is 1. The van der Waals surface area contributed by atoms with Crippen molar-refractivity contribution in [2.24, 2.45) is 11.8 Å². The summed E-state index contributed by atoms with van der Waals surface area (Å²) < 4.78 is 4.24. The van der Waals surface area contributed by atoms with Crippen molar-refractivity contribution in [3.05, 3.63) is 29.3 Å². The summed E-state index contributed by atoms with van der Waals surface area (Å²) in [6.45, 7) is 4.39. The minimum absolute atomic E-state index is 0.0192. The number of esters is 1. The number of thioether (sulfide) groups is 1. The van der Waals surface area contributed by atoms with Gasteiger partial charge >= 0.3 is 5.97 Å². The summed E-state index contributed by atoms with van der Waals surface area (Å²) in [6, 6.07) is 6.28. The lowest BCUT2D eigenvalue weighted by Crippen LogP contribution is -2.51. The number of likely N-dealkylation sites (tertiary alicyclic amines) is 1. The molecule has 32 heavy (non-hydrogen) atoms. The Labute approximate surface area is 197 Å². The molecule has 7 nitrogen and oxygen atoms in total. The number of aliphatic hydroxyl groups is 1. The molecule has 0 aliphatic carbocycles. The van der Waals surface area contributed by atoms with E-state index in [1.165, 1.54) is 0 Å². The Bertz CT molecular complexity index is 929. The molecule has 2 unspecified atom stereocenters. The van der Waals surface area contributed by atoms with Crippen molar-refractivity contribution < 1.29 is 24.2 Å². The highest BCUT2D eigenvalue weighted by molar-refractivity contribution is 8.02. The normalized spacial score (nSPS) is 32.8. The lowest BCUT2D eigenvalue weighted by atomic mass is 9.66. The summed E-state index contributed by atoms with van der Waals surface area (Å²) in [5.74, 6) is -1.99. The van der Waals surface area contributed by atoms with Gasteiger partial charge in [-0.3, -0.25) is 14.4 Å². The first-order chi connectivity index (χ1) is 15.3. The molecule has 2 bridgehead atoms. The van der Waals surface area contributed by atoms with Gasteiger partial charge in [0.15, 0.2) is 0 Å². The van der Waals surface area contributed by atoms with Crippen molar-refractivity contribution in [1.82, 2.24) is 4.90 Å². The number of nitrogens with one attached hydrogen (secondary N) is 1. The summed E-state index contributed by atoms with van der Waals surface area (Å²) in [5, 5.41) is 12.6. The smallest absolute Gasteiger partial charge is 0.311 e. The molecule has 174 valence electrons. The third-order valence-corrected chi connectivity index (χ3v) is 9.32. The number of unbranched alkanes of at least 4 members (excludes halogenated alkanes) is 1. The van der Waals surface area contributed by atoms with Crippen molar-refractivity contribution in [2.75, 3.05) is 25.1 Å². The van der Waals surface area contributed by atoms with Gasteiger partial charge in [-0.05, 0) is 51.7 Å². The highest BCUT2D eigenvalue weighted by atomic mass is 35.5. The van der Waals surface area contributed by atoms with Gasteiger partial charge in [0.1, 0.15) is 6.04 Å². The highest BCUT2D eigenvalue weighted by Crippen LogP contribution is 2.71. The molecular weight excluding hydrogens is 452 g/mol. The monoisotopic (exact) mass is 480 g/mol. The molecular formula is C23H29ClN2O5S. The molecule has 0 radical (unpaired) electrons. The summed E-state index contributed by atoms with van der Waals surface area (Å²) in [5.41, 5.74) is 0.493. The second kappa shape index (κ2) is 8.88. The maximum absolute atomic E-state index is 13.7. The highest BCUT2D eigenvalue weighted by Gasteiger charge is 2.77. The maximum Gasteiger partial charge on any atom is 0.311 e. The SMILES string of the molecule is CCOC(=O)[C@@H]1[C@H]2C(=O)N(CCCCO)C(C(=O)Nc3ccccc3Cl)C23CC[C@@]1(C)S3. The number of hydrogen-bond donors (Lipinski definition) is 2. The Morgan fingerprint density at radius 3 is 2.75 bits per heavy atom. The minimum Gasteiger partial charge on any atom is -0.466 e. The molecule has 1 aromatic rings. The van der Waals surface area contributed by atoms with Gasteiger partial charge in [0, 0.05) is 17.9 Å². The molecule has 5 atom stereocenters. The largest absolute Gasteiger partial charge is 0.466 e. The number of fused-ring (bicyclic) bond motifs is 1. The van der Waals surface area contributed by atoms with Crippen molar-refractivity contribution >= 4 is 46.8 Å². The van der Waals surface area contributed by atoms with Crippen LogP contribution >= 0.6 is 23.4 Å². The zero-order valence-electron chi connectivity index (χ0n) is 18.3. The standard InChI is InChI=1S/C23H29ClN2O5S/c1-3-31-21(30)17-16-20(29)26(12-6-7-13-27)18(23(16)11-10-22(17,2)32-23)19(28)25-15-9-5-4-8-14(15)24/h4-5,8-9,16-18,27H,3,6-7,10-13H2,1-2H3,(H,25,28)/t16-,17-,18?,22+,23?/m0/s1. The Hall–Kier alpha value is -1.77. The molecule has 4 rings (SSSR count). The van der Waals surface area contributed by atoms with Crippen LogP contribution in [0.25, 0.3) is 0 Å². The van der Waals surface area contributed by atoms with Crippen LogP contribution in [0.2, 0.25) is 5.02 Å². The van der Waals surface area contributed by atoms with Gasteiger partial charge in [0.25, 0.3) is 0 Å². The average molecular weight is 481 g/mol. The van der Waals surface area contributed by atoms with E-state index in [1.54, 1.807) is 47.9 Å². The van der Waals surface area contributed by atoms with Crippen LogP contribution in [0, 0.1) is 11.8 Å². The van der Waals surface area contributed by atoms with Gasteiger partial charge < -0.3 is 20.1 Å². The van der Waals surface area contributed by atoms with Gasteiger partial charge in [-0.2, -0.15) is 0 Å². The lowest BCUT2D eigenvalue weighted by molar-refractivity contribution is -0.155. The van der Waals surface area contributed by atoms with Crippen LogP contribution < -0.4 is 5.32 Å². The molecule has 3 aliphatic rings. The maximum atomic E-state index is 13.7. The van der Waals surface area contributed by atoms with Crippen LogP contribution in [0.4, 0.5) is 5.69 Å². The summed E-state index contributed by atoms with van der Waals surface area (Å²) >= 11 is 7.87. The van der Waals surface area contributed by atoms with Gasteiger partial charge in [0.05, 0.1) is 33.9 Å². The quantitative estimate of drug-likeness (QED) is 0.438. The number of carbonyl (C=O) groups excluding carboxylic acids is 3. The first kappa shape index (κ1) is 23.4. The molecule has 1 spiro atoms. The van der Waals surface area contributed by atoms with Gasteiger partial charge in [0.2, 0.25) is 11.8 Å². The second-order valence-corrected chi connectivity index (χ2v) is 11.2. The number of nitrogens with zero attached hydrogens (tertiary/aromatic N) is 1. The first-order valence-electron chi connectivity index (χ1n) is 11.1. The molecule has 2 N–H and O–H groups in total. The predicted molar refractivity (Wildman–Crippen MR) is 123 cm³/mol. The molecule has 3 heterocycles. The minimum atomic E-state index is -0.721. The third-order valence-electron chi connectivity index (χ3n) is 7.00. The van der Waals surface area contributed by atoms with Crippen molar-refractivity contribution in [1.29, 1.82) is 0 Å². The van der Waals surface area contributed by atoms with Crippen LogP contribution in [-0.2, 0) is 19.1 Å². The van der Waals surface area contributed by atoms with Gasteiger partial charge in [-0.1, -0.05) is 23.7 Å². The van der Waals surface area contributed by atoms with Crippen molar-refractivity contribution in [2.45, 2.75) is 55.1 Å². The number of anilines is 1. The predicted octanol–water partition coefficient (Wildman–Crippen LogP) is 3.10. The number of ether oxygens (including phenoxy) is 1. The second-order valence-electron chi connectivity index (χ2n) is 8.91. The molecule has 3 fully saturated rings. The van der Waals surface area contributed by atoms with Crippen LogP contribution in [0.1, 0.15) is 39.5 Å². The molecule has 0 saturated carbocycles. The summed E-state index contributed by atoms with van der Waals surface area (Å²) in [7, 11) is 0. The van der Waals surface area contributed by atoms with Crippen LogP contribution in [0.15, 0.2) is 24.3 Å². The topological polar surface area (TPSA) is 95.9 Å². The molecule has 0 aromatic heterocycles. The number of halogens is 1. The Kier molecular flexibility index (Phi) is 6.49. The molecule has 1 aromatic carbocycles. The van der Waals surface area contributed by atoms with Crippen LogP contribution in [0.3, 0.4) is 0 Å². The summed E-state index contributed by atoms with van der Waals surface area (Å²) in [6.07, 6.45) is 2.53. The number of carbonyl (C=O) groups is 3. The zero-order valence-corrected chi connectivity index (χ0v) is 19.9. The Morgan fingerprint density at radius 1 is 1.31 bits per heavy atom. The number of hydrogen-bond acceptors (Lipinski definition) is 6. The van der Waals surface area contributed by atoms with E-state index in [2.05, 4.69) is 5.32 Å². The van der Waals surface area contributed by atoms with E-state index in [0.29, 0.717) is 36.5 Å². The number of benzene rings is 1. The van der Waals surface area contributed by atoms with E-state index in [-0.39, 0.29) is 31.0 Å². The fourth-order valence-electron chi connectivity index (χ4n) is 5.71. The fourth-order valence-corrected chi connectivity index (χ4v) is 8.24. The van der Waals surface area contributed by atoms with E-state index in [9.17, 15) is 19.5 Å². The van der Waals surface area contributed by atoms with Crippen LogP contribution in [-0.4, -0.2) is 63.1 Å². The van der Waals surface area contributed by atoms with Gasteiger partial charge in [-0.25, -0.2) is 0 Å².